The van der Waals surface area contributed by atoms with E-state index in [9.17, 15) is 13.2 Å². The molecule has 1 rings (SSSR count). The Hall–Kier alpha value is -1.24. The van der Waals surface area contributed by atoms with Crippen molar-refractivity contribution in [2.24, 2.45) is 0 Å². The first-order valence-corrected chi connectivity index (χ1v) is 8.21. The van der Waals surface area contributed by atoms with Crippen LogP contribution in [0.2, 0.25) is 0 Å². The highest BCUT2D eigenvalue weighted by Gasteiger charge is 2.37. The van der Waals surface area contributed by atoms with Crippen molar-refractivity contribution in [3.8, 4) is 0 Å². The van der Waals surface area contributed by atoms with Crippen LogP contribution in [0.25, 0.3) is 0 Å². The van der Waals surface area contributed by atoms with Gasteiger partial charge in [-0.15, -0.1) is 0 Å². The largest absolute Gasteiger partial charge is 0.444 e. The lowest BCUT2D eigenvalue weighted by atomic mass is 9.94. The number of ether oxygens (including phenoxy) is 1. The Bertz CT molecular complexity index is 513. The van der Waals surface area contributed by atoms with E-state index in [0.717, 1.165) is 6.26 Å². The first-order valence-electron chi connectivity index (χ1n) is 6.39. The molecule has 0 aliphatic carbocycles. The van der Waals surface area contributed by atoms with E-state index in [1.54, 1.807) is 31.7 Å². The summed E-state index contributed by atoms with van der Waals surface area (Å²) in [7, 11) is -3.54. The molecule has 20 heavy (non-hydrogen) atoms. The number of nitrogens with zero attached hydrogens (tertiary/aromatic N) is 1. The van der Waals surface area contributed by atoms with Crippen molar-refractivity contribution in [1.29, 1.82) is 0 Å². The second kappa shape index (κ2) is 5.27. The molecular weight excluding hydrogens is 282 g/mol. The predicted octanol–water partition coefficient (Wildman–Crippen LogP) is 2.27. The lowest BCUT2D eigenvalue weighted by Gasteiger charge is -2.41. The molecule has 0 spiro atoms. The Morgan fingerprint density at radius 2 is 1.90 bits per heavy atom. The van der Waals surface area contributed by atoms with Crippen LogP contribution in [0.5, 0.6) is 0 Å². The molecule has 0 aromatic rings. The van der Waals surface area contributed by atoms with Crippen molar-refractivity contribution in [3.05, 3.63) is 11.8 Å². The van der Waals surface area contributed by atoms with Gasteiger partial charge in [-0.3, -0.25) is 4.90 Å². The molecule has 0 radical (unpaired) electrons. The molecule has 0 N–H and O–H groups in total. The predicted molar refractivity (Wildman–Crippen MR) is 75.6 cm³/mol. The Labute approximate surface area is 120 Å². The molecule has 7 heteroatoms. The number of amides is 1. The summed E-state index contributed by atoms with van der Waals surface area (Å²) >= 11 is 0. The van der Waals surface area contributed by atoms with Gasteiger partial charge >= 0.3 is 16.2 Å². The number of hydrogen-bond acceptors (Lipinski definition) is 5. The standard InChI is InChI=1S/C13H23NO5S/c1-12(2,3)18-11(15)14-8-7-10(9-13(14,4)5)19-20(6,16)17/h7H,8-9H2,1-6H3. The highest BCUT2D eigenvalue weighted by molar-refractivity contribution is 7.86. The normalized spacial score (nSPS) is 19.3. The maximum absolute atomic E-state index is 12.1. The third-order valence-electron chi connectivity index (χ3n) is 2.71. The fraction of sp³-hybridized carbons (Fsp3) is 0.769. The summed E-state index contributed by atoms with van der Waals surface area (Å²) in [6, 6.07) is 0. The molecule has 0 aromatic heterocycles. The molecular formula is C13H23NO5S. The SMILES string of the molecule is CC(C)(C)OC(=O)N1CC=C(OS(C)(=O)=O)CC1(C)C. The number of hydrogen-bond donors (Lipinski definition) is 0. The second-order valence-electron chi connectivity index (χ2n) is 6.54. The van der Waals surface area contributed by atoms with Gasteiger partial charge < -0.3 is 8.92 Å². The van der Waals surface area contributed by atoms with E-state index in [-0.39, 0.29) is 6.54 Å². The molecule has 0 bridgehead atoms. The van der Waals surface area contributed by atoms with E-state index in [1.165, 1.54) is 0 Å². The lowest BCUT2D eigenvalue weighted by Crippen LogP contribution is -2.51. The molecule has 0 atom stereocenters. The van der Waals surface area contributed by atoms with Crippen LogP contribution in [-0.4, -0.2) is 43.4 Å². The van der Waals surface area contributed by atoms with E-state index in [2.05, 4.69) is 0 Å². The summed E-state index contributed by atoms with van der Waals surface area (Å²) < 4.78 is 32.5. The number of carbonyl (C=O) groups excluding carboxylic acids is 1. The Morgan fingerprint density at radius 1 is 1.35 bits per heavy atom. The van der Waals surface area contributed by atoms with E-state index < -0.39 is 27.4 Å². The average molecular weight is 305 g/mol. The van der Waals surface area contributed by atoms with Gasteiger partial charge in [0.15, 0.2) is 0 Å². The third-order valence-corrected chi connectivity index (χ3v) is 3.23. The van der Waals surface area contributed by atoms with Gasteiger partial charge in [-0.25, -0.2) is 4.79 Å². The topological polar surface area (TPSA) is 72.9 Å². The smallest absolute Gasteiger partial charge is 0.411 e. The highest BCUT2D eigenvalue weighted by atomic mass is 32.2. The monoisotopic (exact) mass is 305 g/mol. The van der Waals surface area contributed by atoms with E-state index in [1.807, 2.05) is 13.8 Å². The zero-order valence-corrected chi connectivity index (χ0v) is 13.7. The average Bonchev–Trinajstić information content (AvgIpc) is 2.09. The maximum Gasteiger partial charge on any atom is 0.411 e. The van der Waals surface area contributed by atoms with E-state index in [4.69, 9.17) is 8.92 Å². The summed E-state index contributed by atoms with van der Waals surface area (Å²) in [4.78, 5) is 13.7. The minimum Gasteiger partial charge on any atom is -0.444 e. The highest BCUT2D eigenvalue weighted by Crippen LogP contribution is 2.30. The van der Waals surface area contributed by atoms with Crippen LogP contribution in [-0.2, 0) is 19.0 Å². The Kier molecular flexibility index (Phi) is 4.43. The van der Waals surface area contributed by atoms with Gasteiger partial charge in [-0.05, 0) is 40.7 Å². The van der Waals surface area contributed by atoms with Crippen molar-refractivity contribution in [1.82, 2.24) is 4.90 Å². The Morgan fingerprint density at radius 3 is 2.30 bits per heavy atom. The number of rotatable bonds is 2. The molecule has 1 aliphatic rings. The molecule has 0 fully saturated rings. The van der Waals surface area contributed by atoms with Gasteiger partial charge in [0.25, 0.3) is 0 Å². The molecule has 6 nitrogen and oxygen atoms in total. The molecule has 1 heterocycles. The molecule has 0 saturated carbocycles. The number of carbonyl (C=O) groups is 1. The molecule has 0 unspecified atom stereocenters. The maximum atomic E-state index is 12.1. The minimum atomic E-state index is -3.54. The van der Waals surface area contributed by atoms with Crippen molar-refractivity contribution in [2.75, 3.05) is 12.8 Å². The zero-order valence-electron chi connectivity index (χ0n) is 12.9. The zero-order chi connectivity index (χ0) is 15.8. The summed E-state index contributed by atoms with van der Waals surface area (Å²) in [5.74, 6) is 0.359. The van der Waals surface area contributed by atoms with Crippen LogP contribution in [0.4, 0.5) is 4.79 Å². The Balaban J connectivity index is 2.86. The van der Waals surface area contributed by atoms with Crippen LogP contribution in [0.3, 0.4) is 0 Å². The van der Waals surface area contributed by atoms with Gasteiger partial charge in [-0.2, -0.15) is 8.42 Å². The second-order valence-corrected chi connectivity index (χ2v) is 8.11. The van der Waals surface area contributed by atoms with Gasteiger partial charge in [0.05, 0.1) is 6.26 Å². The summed E-state index contributed by atoms with van der Waals surface area (Å²) in [6.45, 7) is 9.35. The van der Waals surface area contributed by atoms with Crippen molar-refractivity contribution in [3.63, 3.8) is 0 Å². The first kappa shape index (κ1) is 16.8. The minimum absolute atomic E-state index is 0.257. The summed E-state index contributed by atoms with van der Waals surface area (Å²) in [5.41, 5.74) is -1.14. The molecule has 0 aromatic carbocycles. The molecule has 1 aliphatic heterocycles. The molecule has 0 saturated heterocycles. The van der Waals surface area contributed by atoms with Crippen molar-refractivity contribution in [2.45, 2.75) is 52.2 Å². The first-order chi connectivity index (χ1) is 8.80. The van der Waals surface area contributed by atoms with Gasteiger partial charge in [0.2, 0.25) is 0 Å². The summed E-state index contributed by atoms with van der Waals surface area (Å²) in [6.07, 6.45) is 2.49. The fourth-order valence-electron chi connectivity index (χ4n) is 1.93. The van der Waals surface area contributed by atoms with Crippen LogP contribution in [0.1, 0.15) is 41.0 Å². The van der Waals surface area contributed by atoms with Gasteiger partial charge in [-0.1, -0.05) is 0 Å². The van der Waals surface area contributed by atoms with E-state index in [0.29, 0.717) is 12.2 Å². The van der Waals surface area contributed by atoms with Crippen LogP contribution in [0, 0.1) is 0 Å². The quantitative estimate of drug-likeness (QED) is 0.732. The summed E-state index contributed by atoms with van der Waals surface area (Å²) in [5, 5.41) is 0. The molecule has 116 valence electrons. The van der Waals surface area contributed by atoms with E-state index >= 15 is 0 Å². The lowest BCUT2D eigenvalue weighted by molar-refractivity contribution is 0.00276. The van der Waals surface area contributed by atoms with Crippen LogP contribution in [0.15, 0.2) is 11.8 Å². The van der Waals surface area contributed by atoms with Gasteiger partial charge in [0.1, 0.15) is 11.4 Å². The van der Waals surface area contributed by atoms with Crippen LogP contribution < -0.4 is 0 Å². The molecule has 1 amide bonds. The van der Waals surface area contributed by atoms with Crippen LogP contribution >= 0.6 is 0 Å². The van der Waals surface area contributed by atoms with Crippen molar-refractivity contribution < 1.29 is 22.1 Å². The fourth-order valence-corrected chi connectivity index (χ4v) is 2.45. The van der Waals surface area contributed by atoms with Crippen molar-refractivity contribution >= 4 is 16.2 Å². The van der Waals surface area contributed by atoms with Gasteiger partial charge in [0, 0.05) is 18.5 Å². The third kappa shape index (κ3) is 5.03.